The average Bonchev–Trinajstić information content (AvgIpc) is 2.82. The zero-order valence-electron chi connectivity index (χ0n) is 20.6. The zero-order valence-corrected chi connectivity index (χ0v) is 23.0. The number of hydrogen-bond donors (Lipinski definition) is 1. The zero-order chi connectivity index (χ0) is 25.9. The van der Waals surface area contributed by atoms with Gasteiger partial charge in [-0.3, -0.25) is 4.79 Å². The highest BCUT2D eigenvalue weighted by Gasteiger charge is 2.26. The molecule has 0 saturated heterocycles. The van der Waals surface area contributed by atoms with Gasteiger partial charge in [0.1, 0.15) is 0 Å². The Bertz CT molecular complexity index is 989. The summed E-state index contributed by atoms with van der Waals surface area (Å²) in [5, 5.41) is 8.57. The molecule has 0 aliphatic carbocycles. The molecule has 0 radical (unpaired) electrons. The molecule has 0 bridgehead atoms. The molecule has 1 unspecified atom stereocenters. The summed E-state index contributed by atoms with van der Waals surface area (Å²) in [6.07, 6.45) is 24.7. The van der Waals surface area contributed by atoms with Gasteiger partial charge in [-0.05, 0) is 69.7 Å². The Labute approximate surface area is 219 Å². The summed E-state index contributed by atoms with van der Waals surface area (Å²) >= 11 is 3.32. The van der Waals surface area contributed by atoms with Gasteiger partial charge in [0.05, 0.1) is 11.0 Å². The highest BCUT2D eigenvalue weighted by molar-refractivity contribution is 9.10. The van der Waals surface area contributed by atoms with E-state index in [2.05, 4.69) is 40.2 Å². The topological polar surface area (TPSA) is 80.7 Å². The summed E-state index contributed by atoms with van der Waals surface area (Å²) in [6.45, 7) is 3.57. The lowest BCUT2D eigenvalue weighted by Gasteiger charge is -2.20. The Kier molecular flexibility index (Phi) is 15.9. The van der Waals surface area contributed by atoms with Crippen LogP contribution in [0.4, 0.5) is 0 Å². The number of unbranched alkanes of at least 4 members (excludes halogenated alkanes) is 1. The van der Waals surface area contributed by atoms with Crippen LogP contribution in [0.3, 0.4) is 0 Å². The fraction of sp³-hybridized carbons (Fsp3) is 0.393. The molecular formula is C28H37BrO5S. The van der Waals surface area contributed by atoms with Crippen molar-refractivity contribution in [1.29, 1.82) is 0 Å². The number of carboxylic acid groups (broad SMARTS) is 1. The van der Waals surface area contributed by atoms with Gasteiger partial charge in [-0.15, -0.1) is 0 Å². The van der Waals surface area contributed by atoms with Crippen LogP contribution in [0.2, 0.25) is 0 Å². The Morgan fingerprint density at radius 1 is 0.971 bits per heavy atom. The first-order valence-electron chi connectivity index (χ1n) is 11.9. The average molecular weight is 566 g/mol. The molecule has 0 aromatic heterocycles. The number of hydrogen-bond acceptors (Lipinski definition) is 4. The molecule has 7 heteroatoms. The van der Waals surface area contributed by atoms with E-state index < -0.39 is 21.2 Å². The summed E-state index contributed by atoms with van der Waals surface area (Å²) in [5.74, 6) is -0.746. The van der Waals surface area contributed by atoms with Gasteiger partial charge in [0.15, 0.2) is 5.44 Å². The fourth-order valence-corrected chi connectivity index (χ4v) is 4.47. The molecule has 192 valence electrons. The quantitative estimate of drug-likeness (QED) is 0.120. The molecule has 0 aliphatic rings. The van der Waals surface area contributed by atoms with Crippen molar-refractivity contribution in [2.24, 2.45) is 0 Å². The summed E-state index contributed by atoms with van der Waals surface area (Å²) < 4.78 is 32.1. The maximum absolute atomic E-state index is 12.7. The lowest BCUT2D eigenvalue weighted by atomic mass is 10.2. The van der Waals surface area contributed by atoms with Crippen molar-refractivity contribution in [2.45, 2.75) is 75.2 Å². The van der Waals surface area contributed by atoms with Gasteiger partial charge < -0.3 is 9.84 Å². The Hall–Kier alpha value is -2.22. The van der Waals surface area contributed by atoms with E-state index in [0.717, 1.165) is 30.2 Å². The number of ether oxygens (including phenoxy) is 1. The molecule has 5 nitrogen and oxygen atoms in total. The normalized spacial score (nSPS) is 14.7. The van der Waals surface area contributed by atoms with E-state index in [4.69, 9.17) is 9.84 Å². The van der Waals surface area contributed by atoms with Crippen LogP contribution in [-0.2, 0) is 19.4 Å². The molecule has 0 saturated carbocycles. The number of carboxylic acids is 1. The number of rotatable bonds is 17. The summed E-state index contributed by atoms with van der Waals surface area (Å²) in [4.78, 5) is 10.7. The predicted octanol–water partition coefficient (Wildman–Crippen LogP) is 7.57. The van der Waals surface area contributed by atoms with Crippen LogP contribution in [0.5, 0.6) is 0 Å². The van der Waals surface area contributed by atoms with Crippen molar-refractivity contribution in [1.82, 2.24) is 0 Å². The third-order valence-electron chi connectivity index (χ3n) is 5.06. The van der Waals surface area contributed by atoms with Gasteiger partial charge in [-0.2, -0.15) is 0 Å². The molecule has 35 heavy (non-hydrogen) atoms. The second kappa shape index (κ2) is 18.1. The minimum absolute atomic E-state index is 0.174. The van der Waals surface area contributed by atoms with E-state index in [1.807, 2.05) is 43.4 Å². The maximum atomic E-state index is 12.7. The molecule has 1 aromatic carbocycles. The van der Waals surface area contributed by atoms with Gasteiger partial charge in [0.25, 0.3) is 0 Å². The van der Waals surface area contributed by atoms with E-state index in [-0.39, 0.29) is 17.4 Å². The molecule has 1 aromatic rings. The van der Waals surface area contributed by atoms with Crippen LogP contribution in [0.25, 0.3) is 0 Å². The van der Waals surface area contributed by atoms with Crippen LogP contribution in [-0.4, -0.2) is 31.0 Å². The molecule has 0 spiro atoms. The van der Waals surface area contributed by atoms with Crippen LogP contribution < -0.4 is 0 Å². The Morgan fingerprint density at radius 3 is 2.20 bits per heavy atom. The van der Waals surface area contributed by atoms with Gasteiger partial charge >= 0.3 is 5.97 Å². The standard InChI is InChI=1S/C28H37BrO5S/c1-3-26(34-24(2)35(32,33)27-22-20-25(29)21-23-27)18-16-14-12-10-8-6-4-5-7-9-11-13-15-17-19-28(30)31/h5-8,10-14,16,20-24,26H,3-4,9,15,17-19H2,1-2H3,(H,30,31)/b7-5-,8-6-,12-10+,13-11-,16-14+/t24?,26-/m0/s1. The van der Waals surface area contributed by atoms with E-state index >= 15 is 0 Å². The van der Waals surface area contributed by atoms with Crippen LogP contribution in [0.1, 0.15) is 58.8 Å². The van der Waals surface area contributed by atoms with Crippen molar-refractivity contribution in [3.8, 4) is 0 Å². The third-order valence-corrected chi connectivity index (χ3v) is 7.51. The fourth-order valence-electron chi connectivity index (χ4n) is 3.01. The molecule has 0 fully saturated rings. The van der Waals surface area contributed by atoms with Crippen LogP contribution in [0, 0.1) is 0 Å². The third kappa shape index (κ3) is 14.1. The highest BCUT2D eigenvalue weighted by atomic mass is 79.9. The number of benzene rings is 1. The molecule has 1 N–H and O–H groups in total. The Morgan fingerprint density at radius 2 is 1.57 bits per heavy atom. The van der Waals surface area contributed by atoms with Crippen molar-refractivity contribution >= 4 is 31.7 Å². The molecule has 0 amide bonds. The second-order valence-corrected chi connectivity index (χ2v) is 11.1. The van der Waals surface area contributed by atoms with E-state index in [9.17, 15) is 13.2 Å². The molecular weight excluding hydrogens is 528 g/mol. The largest absolute Gasteiger partial charge is 0.481 e. The lowest BCUT2D eigenvalue weighted by Crippen LogP contribution is -2.26. The van der Waals surface area contributed by atoms with Crippen LogP contribution in [0.15, 0.2) is 94.4 Å². The number of halogens is 1. The maximum Gasteiger partial charge on any atom is 0.303 e. The highest BCUT2D eigenvalue weighted by Crippen LogP contribution is 2.21. The SMILES string of the molecule is CC[C@@H](C/C=C/C=C/C=C\C/C=C\C/C=C\CCCC(=O)O)OC(C)S(=O)(=O)c1ccc(Br)cc1. The second-order valence-electron chi connectivity index (χ2n) is 7.91. The monoisotopic (exact) mass is 564 g/mol. The Balaban J connectivity index is 2.31. The van der Waals surface area contributed by atoms with Crippen molar-refractivity contribution in [2.75, 3.05) is 0 Å². The summed E-state index contributed by atoms with van der Waals surface area (Å²) in [6, 6.07) is 6.59. The summed E-state index contributed by atoms with van der Waals surface area (Å²) in [7, 11) is -3.54. The number of sulfone groups is 1. The first-order chi connectivity index (χ1) is 16.8. The first-order valence-corrected chi connectivity index (χ1v) is 14.3. The molecule has 0 aliphatic heterocycles. The van der Waals surface area contributed by atoms with E-state index in [1.165, 1.54) is 0 Å². The van der Waals surface area contributed by atoms with E-state index in [0.29, 0.717) is 12.8 Å². The van der Waals surface area contributed by atoms with Gasteiger partial charge in [-0.25, -0.2) is 8.42 Å². The molecule has 1 rings (SSSR count). The number of carbonyl (C=O) groups is 1. The van der Waals surface area contributed by atoms with Gasteiger partial charge in [-0.1, -0.05) is 83.6 Å². The molecule has 2 atom stereocenters. The van der Waals surface area contributed by atoms with Crippen LogP contribution >= 0.6 is 15.9 Å². The minimum Gasteiger partial charge on any atom is -0.481 e. The van der Waals surface area contributed by atoms with Crippen molar-refractivity contribution in [3.63, 3.8) is 0 Å². The predicted molar refractivity (Wildman–Crippen MR) is 147 cm³/mol. The smallest absolute Gasteiger partial charge is 0.303 e. The van der Waals surface area contributed by atoms with Crippen molar-refractivity contribution in [3.05, 3.63) is 89.5 Å². The summed E-state index contributed by atoms with van der Waals surface area (Å²) in [5.41, 5.74) is -0.916. The van der Waals surface area contributed by atoms with Crippen molar-refractivity contribution < 1.29 is 23.1 Å². The molecule has 0 heterocycles. The minimum atomic E-state index is -3.54. The van der Waals surface area contributed by atoms with Gasteiger partial charge in [0, 0.05) is 10.9 Å². The first kappa shape index (κ1) is 30.8. The van der Waals surface area contributed by atoms with Gasteiger partial charge in [0.2, 0.25) is 9.84 Å². The van der Waals surface area contributed by atoms with E-state index in [1.54, 1.807) is 31.2 Å². The number of allylic oxidation sites excluding steroid dienone is 9. The lowest BCUT2D eigenvalue weighted by molar-refractivity contribution is -0.137. The number of aliphatic carboxylic acids is 1.